The summed E-state index contributed by atoms with van der Waals surface area (Å²) >= 11 is 0. The quantitative estimate of drug-likeness (QED) is 0.507. The molecule has 0 heterocycles. The van der Waals surface area contributed by atoms with Gasteiger partial charge in [0.05, 0.1) is 0 Å². The van der Waals surface area contributed by atoms with Gasteiger partial charge in [-0.05, 0) is 25.6 Å². The van der Waals surface area contributed by atoms with E-state index in [2.05, 4.69) is 25.7 Å². The largest absolute Gasteiger partial charge is 0.398 e. The molecule has 0 aliphatic carbocycles. The minimum atomic E-state index is -1.81. The minimum absolute atomic E-state index is 0.568. The summed E-state index contributed by atoms with van der Waals surface area (Å²) < 4.78 is 10.8. The summed E-state index contributed by atoms with van der Waals surface area (Å²) in [5.74, 6) is 0. The van der Waals surface area contributed by atoms with Crippen molar-refractivity contribution >= 4 is 8.56 Å². The van der Waals surface area contributed by atoms with E-state index in [4.69, 9.17) is 8.85 Å². The van der Waals surface area contributed by atoms with E-state index in [1.165, 1.54) is 0 Å². The van der Waals surface area contributed by atoms with Crippen LogP contribution in [0.15, 0.2) is 0 Å². The normalized spacial score (nSPS) is 12.5. The molecule has 0 bridgehead atoms. The highest BCUT2D eigenvalue weighted by Crippen LogP contribution is 2.12. The molecule has 0 fully saturated rings. The lowest BCUT2D eigenvalue weighted by Crippen LogP contribution is -2.37. The first-order valence-electron chi connectivity index (χ1n) is 4.88. The maximum absolute atomic E-state index is 5.38. The molecule has 0 aromatic carbocycles. The second-order valence-corrected chi connectivity index (χ2v) is 7.34. The van der Waals surface area contributed by atoms with Crippen molar-refractivity contribution in [2.75, 3.05) is 20.8 Å². The fourth-order valence-corrected chi connectivity index (χ4v) is 2.48. The standard InChI is InChI=1S/C9H23NO2Si/c1-9(2)10-7-6-8-13(5,11-3)12-4/h9-10H,6-8H2,1-5H3. The molecular weight excluding hydrogens is 182 g/mol. The smallest absolute Gasteiger partial charge is 0.334 e. The molecule has 3 nitrogen and oxygen atoms in total. The van der Waals surface area contributed by atoms with E-state index in [-0.39, 0.29) is 0 Å². The van der Waals surface area contributed by atoms with Crippen molar-refractivity contribution in [3.63, 3.8) is 0 Å². The molecule has 4 heteroatoms. The summed E-state index contributed by atoms with van der Waals surface area (Å²) in [7, 11) is 1.67. The first kappa shape index (κ1) is 13.1. The third-order valence-electron chi connectivity index (χ3n) is 2.22. The van der Waals surface area contributed by atoms with Crippen LogP contribution in [0.25, 0.3) is 0 Å². The van der Waals surface area contributed by atoms with Crippen molar-refractivity contribution in [2.45, 2.75) is 38.9 Å². The van der Waals surface area contributed by atoms with E-state index < -0.39 is 8.56 Å². The van der Waals surface area contributed by atoms with E-state index in [0.717, 1.165) is 19.0 Å². The third kappa shape index (κ3) is 6.21. The lowest BCUT2D eigenvalue weighted by atomic mass is 10.4. The molecule has 0 amide bonds. The fourth-order valence-electron chi connectivity index (χ4n) is 1.09. The van der Waals surface area contributed by atoms with Gasteiger partial charge in [-0.1, -0.05) is 13.8 Å². The molecule has 0 radical (unpaired) electrons. The Morgan fingerprint density at radius 1 is 1.23 bits per heavy atom. The van der Waals surface area contributed by atoms with Gasteiger partial charge in [-0.2, -0.15) is 0 Å². The molecular formula is C9H23NO2Si. The van der Waals surface area contributed by atoms with Gasteiger partial charge in [-0.15, -0.1) is 0 Å². The van der Waals surface area contributed by atoms with Gasteiger partial charge < -0.3 is 14.2 Å². The average Bonchev–Trinajstić information content (AvgIpc) is 2.12. The Kier molecular flexibility index (Phi) is 6.58. The predicted molar refractivity (Wildman–Crippen MR) is 58.2 cm³/mol. The molecule has 0 aromatic heterocycles. The molecule has 0 spiro atoms. The van der Waals surface area contributed by atoms with Crippen LogP contribution in [-0.2, 0) is 8.85 Å². The molecule has 13 heavy (non-hydrogen) atoms. The molecule has 0 unspecified atom stereocenters. The van der Waals surface area contributed by atoms with Gasteiger partial charge in [0.2, 0.25) is 0 Å². The molecule has 0 aromatic rings. The molecule has 1 N–H and O–H groups in total. The van der Waals surface area contributed by atoms with Crippen molar-refractivity contribution in [1.82, 2.24) is 5.32 Å². The Morgan fingerprint density at radius 3 is 2.15 bits per heavy atom. The first-order chi connectivity index (χ1) is 6.04. The van der Waals surface area contributed by atoms with E-state index in [9.17, 15) is 0 Å². The zero-order valence-electron chi connectivity index (χ0n) is 9.52. The number of hydrogen-bond donors (Lipinski definition) is 1. The third-order valence-corrected chi connectivity index (χ3v) is 5.21. The van der Waals surface area contributed by atoms with Gasteiger partial charge in [0.15, 0.2) is 0 Å². The van der Waals surface area contributed by atoms with Crippen molar-refractivity contribution in [2.24, 2.45) is 0 Å². The Balaban J connectivity index is 3.50. The van der Waals surface area contributed by atoms with Gasteiger partial charge in [0, 0.05) is 20.3 Å². The maximum Gasteiger partial charge on any atom is 0.334 e. The second kappa shape index (κ2) is 6.54. The van der Waals surface area contributed by atoms with Crippen LogP contribution in [0.2, 0.25) is 12.6 Å². The Morgan fingerprint density at radius 2 is 1.77 bits per heavy atom. The van der Waals surface area contributed by atoms with Gasteiger partial charge in [-0.25, -0.2) is 0 Å². The van der Waals surface area contributed by atoms with E-state index >= 15 is 0 Å². The summed E-state index contributed by atoms with van der Waals surface area (Å²) in [6.45, 7) is 7.46. The van der Waals surface area contributed by atoms with E-state index in [1.807, 2.05) is 0 Å². The van der Waals surface area contributed by atoms with Crippen LogP contribution in [0.4, 0.5) is 0 Å². The second-order valence-electron chi connectivity index (χ2n) is 3.75. The fraction of sp³-hybridized carbons (Fsp3) is 1.00. The number of rotatable bonds is 7. The van der Waals surface area contributed by atoms with E-state index in [0.29, 0.717) is 6.04 Å². The molecule has 80 valence electrons. The van der Waals surface area contributed by atoms with Gasteiger partial charge in [0.1, 0.15) is 0 Å². The maximum atomic E-state index is 5.38. The molecule has 0 atom stereocenters. The highest BCUT2D eigenvalue weighted by Gasteiger charge is 2.27. The topological polar surface area (TPSA) is 30.5 Å². The SMILES string of the molecule is CO[Si](C)(CCCNC(C)C)OC. The van der Waals surface area contributed by atoms with Crippen LogP contribution in [0.3, 0.4) is 0 Å². The van der Waals surface area contributed by atoms with Crippen LogP contribution in [-0.4, -0.2) is 35.4 Å². The summed E-state index contributed by atoms with van der Waals surface area (Å²) in [4.78, 5) is 0. The Hall–Kier alpha value is 0.0969. The zero-order valence-corrected chi connectivity index (χ0v) is 10.5. The summed E-state index contributed by atoms with van der Waals surface area (Å²) in [5.41, 5.74) is 0. The van der Waals surface area contributed by atoms with Crippen molar-refractivity contribution in [3.8, 4) is 0 Å². The van der Waals surface area contributed by atoms with Gasteiger partial charge >= 0.3 is 8.56 Å². The molecule has 0 saturated heterocycles. The van der Waals surface area contributed by atoms with Crippen molar-refractivity contribution < 1.29 is 8.85 Å². The molecule has 0 aliphatic heterocycles. The Labute approximate surface area is 83.1 Å². The monoisotopic (exact) mass is 205 g/mol. The van der Waals surface area contributed by atoms with Gasteiger partial charge in [-0.3, -0.25) is 0 Å². The average molecular weight is 205 g/mol. The molecule has 0 rings (SSSR count). The van der Waals surface area contributed by atoms with Crippen LogP contribution in [0, 0.1) is 0 Å². The minimum Gasteiger partial charge on any atom is -0.398 e. The van der Waals surface area contributed by atoms with Gasteiger partial charge in [0.25, 0.3) is 0 Å². The summed E-state index contributed by atoms with van der Waals surface area (Å²) in [5, 5.41) is 3.38. The first-order valence-corrected chi connectivity index (χ1v) is 7.40. The predicted octanol–water partition coefficient (Wildman–Crippen LogP) is 1.74. The van der Waals surface area contributed by atoms with Crippen LogP contribution in [0.1, 0.15) is 20.3 Å². The zero-order chi connectivity index (χ0) is 10.3. The molecule has 0 aliphatic rings. The Bertz CT molecular complexity index is 127. The van der Waals surface area contributed by atoms with E-state index in [1.54, 1.807) is 14.2 Å². The lowest BCUT2D eigenvalue weighted by molar-refractivity contribution is 0.248. The summed E-state index contributed by atoms with van der Waals surface area (Å²) in [6.07, 6.45) is 1.13. The van der Waals surface area contributed by atoms with Crippen molar-refractivity contribution in [3.05, 3.63) is 0 Å². The molecule has 0 saturated carbocycles. The highest BCUT2D eigenvalue weighted by molar-refractivity contribution is 6.65. The van der Waals surface area contributed by atoms with Crippen LogP contribution >= 0.6 is 0 Å². The highest BCUT2D eigenvalue weighted by atomic mass is 28.4. The van der Waals surface area contributed by atoms with Crippen LogP contribution < -0.4 is 5.32 Å². The van der Waals surface area contributed by atoms with Crippen LogP contribution in [0.5, 0.6) is 0 Å². The lowest BCUT2D eigenvalue weighted by Gasteiger charge is -2.22. The number of hydrogen-bond acceptors (Lipinski definition) is 3. The number of nitrogens with one attached hydrogen (secondary N) is 1. The van der Waals surface area contributed by atoms with Crippen molar-refractivity contribution in [1.29, 1.82) is 0 Å². The summed E-state index contributed by atoms with van der Waals surface area (Å²) in [6, 6.07) is 1.62.